The number of rotatable bonds is 6. The summed E-state index contributed by atoms with van der Waals surface area (Å²) in [6, 6.07) is 16.3. The van der Waals surface area contributed by atoms with Crippen LogP contribution in [0, 0.1) is 0 Å². The molecular formula is C20H25N3O3. The fourth-order valence-electron chi connectivity index (χ4n) is 2.35. The average Bonchev–Trinajstić information content (AvgIpc) is 2.62. The van der Waals surface area contributed by atoms with E-state index in [0.29, 0.717) is 24.5 Å². The number of ether oxygens (including phenoxy) is 1. The molecule has 26 heavy (non-hydrogen) atoms. The SMILES string of the molecule is CCCN(Cc1ccccc1)C(=O)Oc1cccc(NC(=O)N(C)C)c1. The number of amides is 3. The molecule has 0 atom stereocenters. The minimum atomic E-state index is -0.410. The van der Waals surface area contributed by atoms with Gasteiger partial charge in [-0.3, -0.25) is 0 Å². The van der Waals surface area contributed by atoms with E-state index in [4.69, 9.17) is 4.74 Å². The Morgan fingerprint density at radius 1 is 1.04 bits per heavy atom. The van der Waals surface area contributed by atoms with E-state index in [1.807, 2.05) is 37.3 Å². The average molecular weight is 355 g/mol. The molecule has 0 spiro atoms. The van der Waals surface area contributed by atoms with Crippen molar-refractivity contribution >= 4 is 17.8 Å². The third-order valence-corrected chi connectivity index (χ3v) is 3.66. The van der Waals surface area contributed by atoms with Crippen molar-refractivity contribution in [2.24, 2.45) is 0 Å². The van der Waals surface area contributed by atoms with E-state index >= 15 is 0 Å². The van der Waals surface area contributed by atoms with Crippen molar-refractivity contribution in [1.29, 1.82) is 0 Å². The molecule has 2 aromatic carbocycles. The molecule has 0 aliphatic rings. The first-order chi connectivity index (χ1) is 12.5. The second-order valence-corrected chi connectivity index (χ2v) is 6.13. The number of nitrogens with zero attached hydrogens (tertiary/aromatic N) is 2. The zero-order chi connectivity index (χ0) is 18.9. The van der Waals surface area contributed by atoms with E-state index < -0.39 is 6.09 Å². The van der Waals surface area contributed by atoms with Crippen molar-refractivity contribution < 1.29 is 14.3 Å². The minimum absolute atomic E-state index is 0.245. The van der Waals surface area contributed by atoms with Gasteiger partial charge in [-0.2, -0.15) is 0 Å². The fraction of sp³-hybridized carbons (Fsp3) is 0.300. The normalized spacial score (nSPS) is 10.1. The molecule has 0 radical (unpaired) electrons. The highest BCUT2D eigenvalue weighted by molar-refractivity contribution is 5.89. The molecule has 0 aliphatic carbocycles. The lowest BCUT2D eigenvalue weighted by molar-refractivity contribution is 0.149. The van der Waals surface area contributed by atoms with Gasteiger partial charge in [0.25, 0.3) is 0 Å². The summed E-state index contributed by atoms with van der Waals surface area (Å²) < 4.78 is 5.51. The Kier molecular flexibility index (Phi) is 7.02. The van der Waals surface area contributed by atoms with Crippen LogP contribution in [0.3, 0.4) is 0 Å². The molecule has 0 aliphatic heterocycles. The molecule has 6 heteroatoms. The summed E-state index contributed by atoms with van der Waals surface area (Å²) in [7, 11) is 3.32. The largest absolute Gasteiger partial charge is 0.415 e. The molecule has 3 amide bonds. The van der Waals surface area contributed by atoms with E-state index in [2.05, 4.69) is 5.32 Å². The van der Waals surface area contributed by atoms with Crippen molar-refractivity contribution in [3.8, 4) is 5.75 Å². The number of carbonyl (C=O) groups is 2. The molecule has 1 N–H and O–H groups in total. The highest BCUT2D eigenvalue weighted by Gasteiger charge is 2.16. The van der Waals surface area contributed by atoms with Gasteiger partial charge in [-0.05, 0) is 24.1 Å². The molecule has 2 aromatic rings. The second kappa shape index (κ2) is 9.46. The first-order valence-electron chi connectivity index (χ1n) is 8.58. The van der Waals surface area contributed by atoms with E-state index in [-0.39, 0.29) is 6.03 Å². The Hall–Kier alpha value is -3.02. The summed E-state index contributed by atoms with van der Waals surface area (Å²) in [5.74, 6) is 0.390. The molecule has 0 unspecified atom stereocenters. The van der Waals surface area contributed by atoms with Gasteiger partial charge in [0.1, 0.15) is 5.75 Å². The number of nitrogens with one attached hydrogen (secondary N) is 1. The molecule has 0 aromatic heterocycles. The number of hydrogen-bond donors (Lipinski definition) is 1. The van der Waals surface area contributed by atoms with Crippen LogP contribution in [0.2, 0.25) is 0 Å². The van der Waals surface area contributed by atoms with Gasteiger partial charge in [0.2, 0.25) is 0 Å². The van der Waals surface area contributed by atoms with Crippen molar-refractivity contribution in [3.05, 3.63) is 60.2 Å². The van der Waals surface area contributed by atoms with Crippen molar-refractivity contribution in [1.82, 2.24) is 9.80 Å². The molecule has 0 fully saturated rings. The van der Waals surface area contributed by atoms with Crippen LogP contribution in [0.4, 0.5) is 15.3 Å². The van der Waals surface area contributed by atoms with Gasteiger partial charge in [-0.1, -0.05) is 43.3 Å². The van der Waals surface area contributed by atoms with Gasteiger partial charge >= 0.3 is 12.1 Å². The van der Waals surface area contributed by atoms with Crippen molar-refractivity contribution in [3.63, 3.8) is 0 Å². The van der Waals surface area contributed by atoms with Crippen LogP contribution < -0.4 is 10.1 Å². The van der Waals surface area contributed by atoms with Gasteiger partial charge in [0, 0.05) is 38.9 Å². The standard InChI is InChI=1S/C20H25N3O3/c1-4-13-23(15-16-9-6-5-7-10-16)20(25)26-18-12-8-11-17(14-18)21-19(24)22(2)3/h5-12,14H,4,13,15H2,1-3H3,(H,21,24). The molecule has 138 valence electrons. The summed E-state index contributed by atoms with van der Waals surface area (Å²) in [5.41, 5.74) is 1.61. The Labute approximate surface area is 154 Å². The number of benzene rings is 2. The Morgan fingerprint density at radius 3 is 2.42 bits per heavy atom. The summed E-state index contributed by atoms with van der Waals surface area (Å²) in [5, 5.41) is 2.73. The summed E-state index contributed by atoms with van der Waals surface area (Å²) >= 11 is 0. The van der Waals surface area contributed by atoms with E-state index in [1.165, 1.54) is 4.90 Å². The van der Waals surface area contributed by atoms with Crippen LogP contribution in [-0.2, 0) is 6.54 Å². The highest BCUT2D eigenvalue weighted by atomic mass is 16.6. The number of urea groups is 1. The summed E-state index contributed by atoms with van der Waals surface area (Å²) in [6.45, 7) is 3.11. The third-order valence-electron chi connectivity index (χ3n) is 3.66. The predicted octanol–water partition coefficient (Wildman–Crippen LogP) is 4.19. The van der Waals surface area contributed by atoms with Gasteiger partial charge < -0.3 is 19.9 Å². The lowest BCUT2D eigenvalue weighted by Gasteiger charge is -2.21. The van der Waals surface area contributed by atoms with Crippen molar-refractivity contribution in [2.75, 3.05) is 26.0 Å². The molecule has 0 saturated carbocycles. The van der Waals surface area contributed by atoms with Crippen LogP contribution in [-0.4, -0.2) is 42.6 Å². The first-order valence-corrected chi connectivity index (χ1v) is 8.58. The summed E-state index contributed by atoms with van der Waals surface area (Å²) in [6.07, 6.45) is 0.424. The van der Waals surface area contributed by atoms with Gasteiger partial charge in [-0.25, -0.2) is 9.59 Å². The van der Waals surface area contributed by atoms with Gasteiger partial charge in [0.15, 0.2) is 0 Å². The Balaban J connectivity index is 2.05. The zero-order valence-electron chi connectivity index (χ0n) is 15.4. The van der Waals surface area contributed by atoms with E-state index in [0.717, 1.165) is 12.0 Å². The first kappa shape index (κ1) is 19.3. The molecule has 0 heterocycles. The topological polar surface area (TPSA) is 61.9 Å². The maximum Gasteiger partial charge on any atom is 0.415 e. The van der Waals surface area contributed by atoms with Gasteiger partial charge in [-0.15, -0.1) is 0 Å². The zero-order valence-corrected chi connectivity index (χ0v) is 15.4. The number of anilines is 1. The maximum atomic E-state index is 12.6. The summed E-state index contributed by atoms with van der Waals surface area (Å²) in [4.78, 5) is 27.4. The Bertz CT molecular complexity index is 732. The predicted molar refractivity (Wildman–Crippen MR) is 102 cm³/mol. The van der Waals surface area contributed by atoms with Crippen molar-refractivity contribution in [2.45, 2.75) is 19.9 Å². The van der Waals surface area contributed by atoms with Crippen LogP contribution in [0.5, 0.6) is 5.75 Å². The highest BCUT2D eigenvalue weighted by Crippen LogP contribution is 2.19. The minimum Gasteiger partial charge on any atom is -0.410 e. The van der Waals surface area contributed by atoms with Crippen LogP contribution >= 0.6 is 0 Å². The molecule has 0 bridgehead atoms. The smallest absolute Gasteiger partial charge is 0.410 e. The van der Waals surface area contributed by atoms with Crippen LogP contribution in [0.25, 0.3) is 0 Å². The lowest BCUT2D eigenvalue weighted by atomic mass is 10.2. The molecular weight excluding hydrogens is 330 g/mol. The molecule has 2 rings (SSSR count). The number of carbonyl (C=O) groups excluding carboxylic acids is 2. The lowest BCUT2D eigenvalue weighted by Crippen LogP contribution is -2.33. The quantitative estimate of drug-likeness (QED) is 0.845. The number of hydrogen-bond acceptors (Lipinski definition) is 3. The van der Waals surface area contributed by atoms with E-state index in [9.17, 15) is 9.59 Å². The van der Waals surface area contributed by atoms with Crippen LogP contribution in [0.15, 0.2) is 54.6 Å². The second-order valence-electron chi connectivity index (χ2n) is 6.13. The maximum absolute atomic E-state index is 12.6. The molecule has 0 saturated heterocycles. The molecule has 6 nitrogen and oxygen atoms in total. The fourth-order valence-corrected chi connectivity index (χ4v) is 2.35. The van der Waals surface area contributed by atoms with E-state index in [1.54, 1.807) is 43.3 Å². The third kappa shape index (κ3) is 5.81. The monoisotopic (exact) mass is 355 g/mol. The van der Waals surface area contributed by atoms with Gasteiger partial charge in [0.05, 0.1) is 0 Å². The van der Waals surface area contributed by atoms with Crippen LogP contribution in [0.1, 0.15) is 18.9 Å². The Morgan fingerprint density at radius 2 is 1.77 bits per heavy atom.